The first kappa shape index (κ1) is 13.0. The predicted octanol–water partition coefficient (Wildman–Crippen LogP) is 2.62. The second-order valence-electron chi connectivity index (χ2n) is 5.11. The highest BCUT2D eigenvalue weighted by atomic mass is 15.2. The fourth-order valence-corrected chi connectivity index (χ4v) is 2.92. The number of rotatable bonds is 5. The molecule has 0 bridgehead atoms. The van der Waals surface area contributed by atoms with E-state index in [9.17, 15) is 0 Å². The van der Waals surface area contributed by atoms with Crippen LogP contribution in [0.4, 0.5) is 0 Å². The van der Waals surface area contributed by atoms with Crippen molar-refractivity contribution in [1.82, 2.24) is 4.90 Å². The quantitative estimate of drug-likeness (QED) is 0.759. The number of nitrogens with zero attached hydrogens (tertiary/aromatic N) is 1. The third kappa shape index (κ3) is 3.46. The van der Waals surface area contributed by atoms with Gasteiger partial charge >= 0.3 is 0 Å². The van der Waals surface area contributed by atoms with E-state index in [1.807, 2.05) is 0 Å². The van der Waals surface area contributed by atoms with E-state index in [4.69, 9.17) is 5.73 Å². The van der Waals surface area contributed by atoms with Crippen LogP contribution in [0.1, 0.15) is 52.9 Å². The van der Waals surface area contributed by atoms with Crippen molar-refractivity contribution in [3.63, 3.8) is 0 Å². The van der Waals surface area contributed by atoms with Crippen molar-refractivity contribution < 1.29 is 0 Å². The summed E-state index contributed by atoms with van der Waals surface area (Å²) < 4.78 is 0. The molecule has 0 saturated carbocycles. The zero-order valence-corrected chi connectivity index (χ0v) is 10.7. The Kier molecular flexibility index (Phi) is 5.62. The van der Waals surface area contributed by atoms with E-state index in [1.165, 1.54) is 38.6 Å². The number of hydrogen-bond acceptors (Lipinski definition) is 2. The largest absolute Gasteiger partial charge is 0.329 e. The van der Waals surface area contributed by atoms with Crippen LogP contribution in [0, 0.1) is 5.92 Å². The van der Waals surface area contributed by atoms with Gasteiger partial charge in [-0.3, -0.25) is 4.90 Å². The van der Waals surface area contributed by atoms with Crippen molar-refractivity contribution in [1.29, 1.82) is 0 Å². The van der Waals surface area contributed by atoms with Crippen LogP contribution in [0.15, 0.2) is 0 Å². The van der Waals surface area contributed by atoms with E-state index in [2.05, 4.69) is 25.7 Å². The Hall–Kier alpha value is -0.0800. The summed E-state index contributed by atoms with van der Waals surface area (Å²) in [5, 5.41) is 0. The smallest absolute Gasteiger partial charge is 0.0223 e. The molecule has 15 heavy (non-hydrogen) atoms. The molecule has 0 aromatic heterocycles. The van der Waals surface area contributed by atoms with Crippen LogP contribution in [0.3, 0.4) is 0 Å². The highest BCUT2D eigenvalue weighted by Gasteiger charge is 2.29. The molecule has 1 heterocycles. The third-order valence-electron chi connectivity index (χ3n) is 3.86. The van der Waals surface area contributed by atoms with Crippen LogP contribution >= 0.6 is 0 Å². The third-order valence-corrected chi connectivity index (χ3v) is 3.86. The summed E-state index contributed by atoms with van der Waals surface area (Å²) in [6, 6.07) is 1.42. The standard InChI is InChI=1S/C13H28N2/c1-4-6-12(5-2)15-8-7-11(3)9-13(15)10-14/h11-13H,4-10,14H2,1-3H3. The van der Waals surface area contributed by atoms with Gasteiger partial charge in [0.1, 0.15) is 0 Å². The average Bonchev–Trinajstić information content (AvgIpc) is 2.26. The van der Waals surface area contributed by atoms with E-state index in [1.54, 1.807) is 0 Å². The second-order valence-corrected chi connectivity index (χ2v) is 5.11. The van der Waals surface area contributed by atoms with Crippen molar-refractivity contribution in [2.45, 2.75) is 65.0 Å². The molecule has 90 valence electrons. The van der Waals surface area contributed by atoms with Gasteiger partial charge in [0.25, 0.3) is 0 Å². The molecule has 1 saturated heterocycles. The summed E-state index contributed by atoms with van der Waals surface area (Å²) in [5.74, 6) is 0.869. The minimum absolute atomic E-state index is 0.644. The summed E-state index contributed by atoms with van der Waals surface area (Å²) >= 11 is 0. The highest BCUT2D eigenvalue weighted by Crippen LogP contribution is 2.26. The second kappa shape index (κ2) is 6.49. The lowest BCUT2D eigenvalue weighted by Gasteiger charge is -2.42. The Morgan fingerprint density at radius 3 is 2.67 bits per heavy atom. The molecule has 2 nitrogen and oxygen atoms in total. The molecule has 0 aliphatic carbocycles. The lowest BCUT2D eigenvalue weighted by molar-refractivity contribution is 0.0692. The maximum absolute atomic E-state index is 5.90. The Balaban J connectivity index is 2.56. The molecule has 0 radical (unpaired) electrons. The SMILES string of the molecule is CCCC(CC)N1CCC(C)CC1CN. The molecule has 0 spiro atoms. The lowest BCUT2D eigenvalue weighted by atomic mass is 9.90. The van der Waals surface area contributed by atoms with Crippen LogP contribution in [0.2, 0.25) is 0 Å². The molecule has 3 atom stereocenters. The van der Waals surface area contributed by atoms with Crippen LogP contribution < -0.4 is 5.73 Å². The molecule has 2 N–H and O–H groups in total. The number of piperidine rings is 1. The van der Waals surface area contributed by atoms with E-state index < -0.39 is 0 Å². The van der Waals surface area contributed by atoms with E-state index >= 15 is 0 Å². The van der Waals surface area contributed by atoms with Gasteiger partial charge in [0.15, 0.2) is 0 Å². The molecule has 0 aromatic carbocycles. The average molecular weight is 212 g/mol. The fourth-order valence-electron chi connectivity index (χ4n) is 2.92. The van der Waals surface area contributed by atoms with Crippen LogP contribution in [-0.2, 0) is 0 Å². The van der Waals surface area contributed by atoms with Gasteiger partial charge in [0.2, 0.25) is 0 Å². The molecular weight excluding hydrogens is 184 g/mol. The van der Waals surface area contributed by atoms with Crippen molar-refractivity contribution >= 4 is 0 Å². The molecule has 0 amide bonds. The normalized spacial score (nSPS) is 30.4. The van der Waals surface area contributed by atoms with Gasteiger partial charge < -0.3 is 5.73 Å². The molecule has 1 rings (SSSR count). The predicted molar refractivity (Wildman–Crippen MR) is 66.9 cm³/mol. The van der Waals surface area contributed by atoms with Gasteiger partial charge in [0, 0.05) is 18.6 Å². The summed E-state index contributed by atoms with van der Waals surface area (Å²) in [5.41, 5.74) is 5.90. The van der Waals surface area contributed by atoms with E-state index in [0.29, 0.717) is 6.04 Å². The van der Waals surface area contributed by atoms with E-state index in [-0.39, 0.29) is 0 Å². The first-order valence-electron chi connectivity index (χ1n) is 6.68. The number of likely N-dealkylation sites (tertiary alicyclic amines) is 1. The van der Waals surface area contributed by atoms with Crippen molar-refractivity contribution in [2.24, 2.45) is 11.7 Å². The lowest BCUT2D eigenvalue weighted by Crippen LogP contribution is -2.51. The molecule has 1 aliphatic rings. The van der Waals surface area contributed by atoms with Gasteiger partial charge in [-0.2, -0.15) is 0 Å². The van der Waals surface area contributed by atoms with Gasteiger partial charge in [-0.05, 0) is 38.1 Å². The molecule has 0 aromatic rings. The van der Waals surface area contributed by atoms with Crippen molar-refractivity contribution in [3.05, 3.63) is 0 Å². The highest BCUT2D eigenvalue weighted by molar-refractivity contribution is 4.85. The molecular formula is C13H28N2. The summed E-state index contributed by atoms with van der Waals surface area (Å²) in [6.07, 6.45) is 6.56. The summed E-state index contributed by atoms with van der Waals surface area (Å²) in [6.45, 7) is 9.06. The first-order valence-corrected chi connectivity index (χ1v) is 6.68. The van der Waals surface area contributed by atoms with Gasteiger partial charge in [0.05, 0.1) is 0 Å². The van der Waals surface area contributed by atoms with Crippen LogP contribution in [0.5, 0.6) is 0 Å². The summed E-state index contributed by atoms with van der Waals surface area (Å²) in [7, 11) is 0. The van der Waals surface area contributed by atoms with Gasteiger partial charge in [-0.15, -0.1) is 0 Å². The minimum Gasteiger partial charge on any atom is -0.329 e. The van der Waals surface area contributed by atoms with Crippen molar-refractivity contribution in [3.8, 4) is 0 Å². The van der Waals surface area contributed by atoms with E-state index in [0.717, 1.165) is 18.5 Å². The Labute approximate surface area is 95.2 Å². The fraction of sp³-hybridized carbons (Fsp3) is 1.00. The van der Waals surface area contributed by atoms with Gasteiger partial charge in [-0.1, -0.05) is 27.2 Å². The van der Waals surface area contributed by atoms with Crippen LogP contribution in [0.25, 0.3) is 0 Å². The molecule has 1 fully saturated rings. The number of nitrogens with two attached hydrogens (primary N) is 1. The zero-order valence-electron chi connectivity index (χ0n) is 10.7. The molecule has 2 heteroatoms. The molecule has 3 unspecified atom stereocenters. The number of hydrogen-bond donors (Lipinski definition) is 1. The monoisotopic (exact) mass is 212 g/mol. The zero-order chi connectivity index (χ0) is 11.3. The summed E-state index contributed by atoms with van der Waals surface area (Å²) in [4.78, 5) is 2.68. The minimum atomic E-state index is 0.644. The van der Waals surface area contributed by atoms with Gasteiger partial charge in [-0.25, -0.2) is 0 Å². The maximum Gasteiger partial charge on any atom is 0.0223 e. The Morgan fingerprint density at radius 2 is 2.13 bits per heavy atom. The molecule has 1 aliphatic heterocycles. The maximum atomic E-state index is 5.90. The van der Waals surface area contributed by atoms with Crippen molar-refractivity contribution in [2.75, 3.05) is 13.1 Å². The Morgan fingerprint density at radius 1 is 1.40 bits per heavy atom. The topological polar surface area (TPSA) is 29.3 Å². The van der Waals surface area contributed by atoms with Crippen LogP contribution in [-0.4, -0.2) is 30.1 Å². The Bertz CT molecular complexity index is 164. The first-order chi connectivity index (χ1) is 7.22.